The van der Waals surface area contributed by atoms with Gasteiger partial charge in [-0.25, -0.2) is 13.1 Å². The standard InChI is InChI=1S/C17H19F2NO3S/c1-11-8-9-12(2)16(10-11)24(21,22)20-13(3)14-6-4-5-7-15(14)23-17(18)19/h4-10,13,17,20H,1-3H3/t13-/m0/s1. The SMILES string of the molecule is Cc1ccc(C)c(S(=O)(=O)N[C@@H](C)c2ccccc2OC(F)F)c1. The molecule has 0 saturated carbocycles. The minimum atomic E-state index is -3.80. The van der Waals surface area contributed by atoms with Crippen LogP contribution in [0, 0.1) is 13.8 Å². The second kappa shape index (κ2) is 7.27. The summed E-state index contributed by atoms with van der Waals surface area (Å²) in [7, 11) is -3.80. The van der Waals surface area contributed by atoms with Gasteiger partial charge in [0.1, 0.15) is 5.75 Å². The third-order valence-electron chi connectivity index (χ3n) is 3.57. The van der Waals surface area contributed by atoms with E-state index in [1.165, 1.54) is 6.07 Å². The predicted octanol–water partition coefficient (Wildman–Crippen LogP) is 3.94. The molecule has 2 rings (SSSR count). The summed E-state index contributed by atoms with van der Waals surface area (Å²) in [5, 5.41) is 0. The zero-order chi connectivity index (χ0) is 17.9. The Morgan fingerprint density at radius 3 is 2.42 bits per heavy atom. The first-order valence-corrected chi connectivity index (χ1v) is 8.82. The van der Waals surface area contributed by atoms with Crippen LogP contribution in [0.2, 0.25) is 0 Å². The number of para-hydroxylation sites is 1. The van der Waals surface area contributed by atoms with Gasteiger partial charge in [-0.15, -0.1) is 0 Å². The Bertz CT molecular complexity index is 822. The molecule has 0 spiro atoms. The van der Waals surface area contributed by atoms with Crippen molar-refractivity contribution in [2.24, 2.45) is 0 Å². The van der Waals surface area contributed by atoms with Gasteiger partial charge in [-0.2, -0.15) is 8.78 Å². The minimum absolute atomic E-state index is 0.0522. The Balaban J connectivity index is 2.32. The van der Waals surface area contributed by atoms with Crippen LogP contribution >= 0.6 is 0 Å². The highest BCUT2D eigenvalue weighted by atomic mass is 32.2. The van der Waals surface area contributed by atoms with E-state index in [2.05, 4.69) is 9.46 Å². The van der Waals surface area contributed by atoms with Crippen molar-refractivity contribution in [3.05, 3.63) is 59.2 Å². The lowest BCUT2D eigenvalue weighted by Gasteiger charge is -2.19. The van der Waals surface area contributed by atoms with Crippen LogP contribution < -0.4 is 9.46 Å². The van der Waals surface area contributed by atoms with E-state index in [4.69, 9.17) is 0 Å². The Morgan fingerprint density at radius 1 is 1.08 bits per heavy atom. The summed E-state index contributed by atoms with van der Waals surface area (Å²) in [6.07, 6.45) is 0. The summed E-state index contributed by atoms with van der Waals surface area (Å²) in [5.41, 5.74) is 1.76. The Labute approximate surface area is 140 Å². The molecule has 2 aromatic carbocycles. The van der Waals surface area contributed by atoms with Gasteiger partial charge in [-0.3, -0.25) is 0 Å². The van der Waals surface area contributed by atoms with Gasteiger partial charge < -0.3 is 4.74 Å². The van der Waals surface area contributed by atoms with Gasteiger partial charge in [-0.05, 0) is 44.0 Å². The lowest BCUT2D eigenvalue weighted by molar-refractivity contribution is -0.0506. The molecule has 2 aromatic rings. The molecule has 1 N–H and O–H groups in total. The largest absolute Gasteiger partial charge is 0.434 e. The van der Waals surface area contributed by atoms with Crippen LogP contribution in [0.3, 0.4) is 0 Å². The Hall–Kier alpha value is -1.99. The number of hydrogen-bond donors (Lipinski definition) is 1. The zero-order valence-electron chi connectivity index (χ0n) is 13.6. The van der Waals surface area contributed by atoms with E-state index in [0.29, 0.717) is 11.1 Å². The van der Waals surface area contributed by atoms with Crippen molar-refractivity contribution in [3.63, 3.8) is 0 Å². The maximum Gasteiger partial charge on any atom is 0.387 e. The number of ether oxygens (including phenoxy) is 1. The fourth-order valence-corrected chi connectivity index (χ4v) is 3.95. The number of nitrogens with one attached hydrogen (secondary N) is 1. The quantitative estimate of drug-likeness (QED) is 0.854. The van der Waals surface area contributed by atoms with Crippen LogP contribution in [0.5, 0.6) is 5.75 Å². The van der Waals surface area contributed by atoms with Crippen molar-refractivity contribution >= 4 is 10.0 Å². The molecule has 7 heteroatoms. The predicted molar refractivity (Wildman–Crippen MR) is 87.7 cm³/mol. The first kappa shape index (κ1) is 18.4. The van der Waals surface area contributed by atoms with Gasteiger partial charge in [0.2, 0.25) is 10.0 Å². The van der Waals surface area contributed by atoms with Crippen molar-refractivity contribution in [2.45, 2.75) is 38.3 Å². The summed E-state index contributed by atoms with van der Waals surface area (Å²) < 4.78 is 57.2. The number of benzene rings is 2. The molecule has 0 bridgehead atoms. The van der Waals surface area contributed by atoms with E-state index in [9.17, 15) is 17.2 Å². The lowest BCUT2D eigenvalue weighted by Crippen LogP contribution is -2.28. The highest BCUT2D eigenvalue weighted by molar-refractivity contribution is 7.89. The summed E-state index contributed by atoms with van der Waals surface area (Å²) in [4.78, 5) is 0.168. The first-order chi connectivity index (χ1) is 11.2. The third kappa shape index (κ3) is 4.30. The van der Waals surface area contributed by atoms with E-state index < -0.39 is 22.7 Å². The minimum Gasteiger partial charge on any atom is -0.434 e. The van der Waals surface area contributed by atoms with Gasteiger partial charge in [0, 0.05) is 11.6 Å². The molecule has 0 saturated heterocycles. The molecule has 0 fully saturated rings. The average molecular weight is 355 g/mol. The van der Waals surface area contributed by atoms with Gasteiger partial charge in [0.25, 0.3) is 0 Å². The van der Waals surface area contributed by atoms with Crippen LogP contribution in [0.25, 0.3) is 0 Å². The summed E-state index contributed by atoms with van der Waals surface area (Å²) in [6, 6.07) is 10.5. The molecule has 0 aliphatic carbocycles. The van der Waals surface area contributed by atoms with Crippen LogP contribution in [0.4, 0.5) is 8.78 Å². The zero-order valence-corrected chi connectivity index (χ0v) is 14.4. The number of halogens is 2. The summed E-state index contributed by atoms with van der Waals surface area (Å²) >= 11 is 0. The highest BCUT2D eigenvalue weighted by Gasteiger charge is 2.23. The van der Waals surface area contributed by atoms with Crippen molar-refractivity contribution in [1.29, 1.82) is 0 Å². The second-order valence-electron chi connectivity index (χ2n) is 5.53. The number of hydrogen-bond acceptors (Lipinski definition) is 3. The maximum atomic E-state index is 12.6. The molecular formula is C17H19F2NO3S. The summed E-state index contributed by atoms with van der Waals surface area (Å²) in [6.45, 7) is 2.10. The molecule has 0 unspecified atom stereocenters. The monoisotopic (exact) mass is 355 g/mol. The lowest BCUT2D eigenvalue weighted by atomic mass is 10.1. The van der Waals surface area contributed by atoms with Crippen molar-refractivity contribution in [2.75, 3.05) is 0 Å². The normalized spacial score (nSPS) is 13.1. The molecule has 0 aromatic heterocycles. The maximum absolute atomic E-state index is 12.6. The van der Waals surface area contributed by atoms with Crippen LogP contribution in [-0.4, -0.2) is 15.0 Å². The summed E-state index contributed by atoms with van der Waals surface area (Å²) in [5.74, 6) is -0.0522. The average Bonchev–Trinajstić information content (AvgIpc) is 2.49. The van der Waals surface area contributed by atoms with Gasteiger partial charge in [-0.1, -0.05) is 30.3 Å². The fourth-order valence-electron chi connectivity index (χ4n) is 2.40. The third-order valence-corrected chi connectivity index (χ3v) is 5.25. The molecule has 1 atom stereocenters. The van der Waals surface area contributed by atoms with Crippen molar-refractivity contribution in [1.82, 2.24) is 4.72 Å². The number of sulfonamides is 1. The highest BCUT2D eigenvalue weighted by Crippen LogP contribution is 2.28. The molecule has 0 aliphatic heterocycles. The van der Waals surface area contributed by atoms with Crippen LogP contribution in [0.1, 0.15) is 29.7 Å². The van der Waals surface area contributed by atoms with Gasteiger partial charge >= 0.3 is 6.61 Å². The van der Waals surface area contributed by atoms with Crippen molar-refractivity contribution in [3.8, 4) is 5.75 Å². The molecule has 24 heavy (non-hydrogen) atoms. The molecule has 0 aliphatic rings. The van der Waals surface area contributed by atoms with Crippen molar-refractivity contribution < 1.29 is 21.9 Å². The number of aryl methyl sites for hydroxylation is 2. The Kier molecular flexibility index (Phi) is 5.56. The van der Waals surface area contributed by atoms with Gasteiger partial charge in [0.15, 0.2) is 0 Å². The number of alkyl halides is 2. The smallest absolute Gasteiger partial charge is 0.387 e. The van der Waals surface area contributed by atoms with Gasteiger partial charge in [0.05, 0.1) is 4.90 Å². The van der Waals surface area contributed by atoms with E-state index in [1.54, 1.807) is 51.1 Å². The molecule has 130 valence electrons. The molecule has 0 heterocycles. The van der Waals surface area contributed by atoms with E-state index in [-0.39, 0.29) is 10.6 Å². The second-order valence-corrected chi connectivity index (χ2v) is 7.21. The Morgan fingerprint density at radius 2 is 1.75 bits per heavy atom. The van der Waals surface area contributed by atoms with Crippen LogP contribution in [0.15, 0.2) is 47.4 Å². The molecule has 0 radical (unpaired) electrons. The fraction of sp³-hybridized carbons (Fsp3) is 0.294. The first-order valence-electron chi connectivity index (χ1n) is 7.34. The molecule has 4 nitrogen and oxygen atoms in total. The molecular weight excluding hydrogens is 336 g/mol. The van der Waals surface area contributed by atoms with E-state index in [1.807, 2.05) is 6.07 Å². The molecule has 0 amide bonds. The topological polar surface area (TPSA) is 55.4 Å². The van der Waals surface area contributed by atoms with E-state index in [0.717, 1.165) is 5.56 Å². The van der Waals surface area contributed by atoms with Crippen LogP contribution in [-0.2, 0) is 10.0 Å². The number of rotatable bonds is 6. The van der Waals surface area contributed by atoms with E-state index >= 15 is 0 Å².